The van der Waals surface area contributed by atoms with Crippen LogP contribution in [0.3, 0.4) is 0 Å². The molecule has 0 spiro atoms. The van der Waals surface area contributed by atoms with Crippen molar-refractivity contribution in [1.82, 2.24) is 0 Å². The van der Waals surface area contributed by atoms with E-state index in [-0.39, 0.29) is 13.2 Å². The van der Waals surface area contributed by atoms with E-state index in [9.17, 15) is 9.59 Å². The van der Waals surface area contributed by atoms with Crippen LogP contribution in [0.25, 0.3) is 0 Å². The van der Waals surface area contributed by atoms with E-state index < -0.39 is 37.4 Å². The normalized spacial score (nSPS) is 14.0. The number of carbonyl (C=O) groups excluding carboxylic acids is 2. The van der Waals surface area contributed by atoms with Crippen molar-refractivity contribution in [2.75, 3.05) is 26.4 Å². The molecule has 0 heterocycles. The maximum absolute atomic E-state index is 10.7. The molecular weight excluding hydrogens is 224 g/mol. The Kier molecular flexibility index (Phi) is 7.38. The summed E-state index contributed by atoms with van der Waals surface area (Å²) < 4.78 is 8.78. The van der Waals surface area contributed by atoms with Gasteiger partial charge < -0.3 is 29.9 Å². The van der Waals surface area contributed by atoms with Crippen LogP contribution in [0, 0.1) is 0 Å². The summed E-state index contributed by atoms with van der Waals surface area (Å²) in [5, 5.41) is 34.2. The van der Waals surface area contributed by atoms with Gasteiger partial charge in [-0.25, -0.2) is 9.59 Å². The first kappa shape index (κ1) is 14.8. The lowest BCUT2D eigenvalue weighted by atomic mass is 10.4. The molecule has 0 saturated carbocycles. The zero-order valence-electron chi connectivity index (χ0n) is 8.40. The number of carbonyl (C=O) groups is 2. The molecule has 0 aliphatic heterocycles. The Morgan fingerprint density at radius 2 is 1.19 bits per heavy atom. The molecule has 16 heavy (non-hydrogen) atoms. The van der Waals surface area contributed by atoms with E-state index in [0.29, 0.717) is 0 Å². The fraction of sp³-hybridized carbons (Fsp3) is 0.750. The molecule has 0 aliphatic carbocycles. The summed E-state index contributed by atoms with van der Waals surface area (Å²) in [7, 11) is 0. The lowest BCUT2D eigenvalue weighted by molar-refractivity contribution is -0.164. The summed E-state index contributed by atoms with van der Waals surface area (Å²) in [4.78, 5) is 21.5. The van der Waals surface area contributed by atoms with Crippen molar-refractivity contribution in [3.8, 4) is 0 Å². The maximum atomic E-state index is 10.7. The van der Waals surface area contributed by atoms with Crippen molar-refractivity contribution >= 4 is 11.9 Å². The monoisotopic (exact) mass is 238 g/mol. The van der Waals surface area contributed by atoms with Crippen molar-refractivity contribution in [2.24, 2.45) is 0 Å². The van der Waals surface area contributed by atoms with E-state index in [1.54, 1.807) is 0 Å². The van der Waals surface area contributed by atoms with E-state index in [1.807, 2.05) is 0 Å². The Labute approximate surface area is 91.0 Å². The van der Waals surface area contributed by atoms with Crippen molar-refractivity contribution < 1.29 is 39.5 Å². The smallest absolute Gasteiger partial charge is 0.337 e. The number of hydrogen-bond donors (Lipinski definition) is 4. The molecule has 0 aromatic carbocycles. The average Bonchev–Trinajstić information content (AvgIpc) is 2.31. The van der Waals surface area contributed by atoms with Gasteiger partial charge in [0.1, 0.15) is 13.2 Å². The molecule has 0 rings (SSSR count). The topological polar surface area (TPSA) is 134 Å². The minimum atomic E-state index is -1.63. The lowest BCUT2D eigenvalue weighted by Gasteiger charge is -2.10. The maximum Gasteiger partial charge on any atom is 0.337 e. The van der Waals surface area contributed by atoms with Gasteiger partial charge >= 0.3 is 11.9 Å². The van der Waals surface area contributed by atoms with Gasteiger partial charge in [0.2, 0.25) is 0 Å². The number of ether oxygens (including phenoxy) is 2. The van der Waals surface area contributed by atoms with Crippen LogP contribution in [0.4, 0.5) is 0 Å². The van der Waals surface area contributed by atoms with Gasteiger partial charge in [0.25, 0.3) is 0 Å². The Hall–Kier alpha value is -1.22. The molecule has 0 radical (unpaired) electrons. The average molecular weight is 238 g/mol. The standard InChI is InChI=1S/C8H14O8/c9-3-5(11)7(13)15-1-2-16-8(14)6(12)4-10/h5-6,9-12H,1-4H2. The Bertz CT molecular complexity index is 204. The summed E-state index contributed by atoms with van der Waals surface area (Å²) in [6, 6.07) is 0. The molecule has 8 nitrogen and oxygen atoms in total. The van der Waals surface area contributed by atoms with E-state index in [0.717, 1.165) is 0 Å². The zero-order valence-corrected chi connectivity index (χ0v) is 8.40. The molecule has 0 saturated heterocycles. The highest BCUT2D eigenvalue weighted by Crippen LogP contribution is 1.90. The van der Waals surface area contributed by atoms with Gasteiger partial charge in [0.05, 0.1) is 13.2 Å². The molecule has 2 unspecified atom stereocenters. The first-order valence-electron chi connectivity index (χ1n) is 4.44. The first-order chi connectivity index (χ1) is 7.52. The predicted octanol–water partition coefficient (Wildman–Crippen LogP) is -3.22. The van der Waals surface area contributed by atoms with Crippen molar-refractivity contribution in [3.63, 3.8) is 0 Å². The number of hydrogen-bond acceptors (Lipinski definition) is 8. The second kappa shape index (κ2) is 7.99. The molecule has 0 bridgehead atoms. The van der Waals surface area contributed by atoms with E-state index >= 15 is 0 Å². The Balaban J connectivity index is 3.61. The summed E-state index contributed by atoms with van der Waals surface area (Å²) in [6.45, 7) is -2.16. The minimum absolute atomic E-state index is 0.320. The molecule has 0 fully saturated rings. The van der Waals surface area contributed by atoms with Gasteiger partial charge in [0, 0.05) is 0 Å². The van der Waals surface area contributed by atoms with Crippen LogP contribution < -0.4 is 0 Å². The van der Waals surface area contributed by atoms with Gasteiger partial charge in [-0.1, -0.05) is 0 Å². The van der Waals surface area contributed by atoms with Crippen LogP contribution >= 0.6 is 0 Å². The largest absolute Gasteiger partial charge is 0.460 e. The third kappa shape index (κ3) is 5.61. The van der Waals surface area contributed by atoms with E-state index in [2.05, 4.69) is 9.47 Å². The van der Waals surface area contributed by atoms with Crippen molar-refractivity contribution in [1.29, 1.82) is 0 Å². The predicted molar refractivity (Wildman–Crippen MR) is 48.1 cm³/mol. The third-order valence-electron chi connectivity index (χ3n) is 1.46. The highest BCUT2D eigenvalue weighted by Gasteiger charge is 2.17. The van der Waals surface area contributed by atoms with Gasteiger partial charge in [-0.2, -0.15) is 0 Å². The van der Waals surface area contributed by atoms with Crippen LogP contribution in [0.15, 0.2) is 0 Å². The summed E-state index contributed by atoms with van der Waals surface area (Å²) in [6.07, 6.45) is -3.25. The minimum Gasteiger partial charge on any atom is -0.460 e. The van der Waals surface area contributed by atoms with Gasteiger partial charge in [-0.3, -0.25) is 0 Å². The fourth-order valence-electron chi connectivity index (χ4n) is 0.626. The third-order valence-corrected chi connectivity index (χ3v) is 1.46. The number of esters is 2. The van der Waals surface area contributed by atoms with Crippen LogP contribution in [0.5, 0.6) is 0 Å². The molecule has 0 aromatic heterocycles. The summed E-state index contributed by atoms with van der Waals surface area (Å²) in [5.74, 6) is -2.08. The molecule has 2 atom stereocenters. The van der Waals surface area contributed by atoms with E-state index in [1.165, 1.54) is 0 Å². The zero-order chi connectivity index (χ0) is 12.6. The molecular formula is C8H14O8. The van der Waals surface area contributed by atoms with Crippen molar-refractivity contribution in [3.05, 3.63) is 0 Å². The van der Waals surface area contributed by atoms with Crippen LogP contribution in [-0.2, 0) is 19.1 Å². The molecule has 0 aromatic rings. The highest BCUT2D eigenvalue weighted by atomic mass is 16.6. The molecule has 4 N–H and O–H groups in total. The second-order valence-electron chi connectivity index (χ2n) is 2.73. The highest BCUT2D eigenvalue weighted by molar-refractivity contribution is 5.75. The van der Waals surface area contributed by atoms with Gasteiger partial charge in [-0.05, 0) is 0 Å². The fourth-order valence-corrected chi connectivity index (χ4v) is 0.626. The lowest BCUT2D eigenvalue weighted by Crippen LogP contribution is -2.30. The van der Waals surface area contributed by atoms with Crippen LogP contribution in [0.2, 0.25) is 0 Å². The van der Waals surface area contributed by atoms with Crippen molar-refractivity contribution in [2.45, 2.75) is 12.2 Å². The number of rotatable bonds is 7. The molecule has 94 valence electrons. The van der Waals surface area contributed by atoms with Crippen LogP contribution in [-0.4, -0.2) is 71.0 Å². The van der Waals surface area contributed by atoms with Gasteiger partial charge in [-0.15, -0.1) is 0 Å². The van der Waals surface area contributed by atoms with Crippen LogP contribution in [0.1, 0.15) is 0 Å². The number of aliphatic hydroxyl groups is 4. The Morgan fingerprint density at radius 1 is 0.875 bits per heavy atom. The molecule has 0 aliphatic rings. The summed E-state index contributed by atoms with van der Waals surface area (Å²) >= 11 is 0. The SMILES string of the molecule is O=C(OCCOC(=O)C(O)CO)C(O)CO. The van der Waals surface area contributed by atoms with Gasteiger partial charge in [0.15, 0.2) is 12.2 Å². The first-order valence-corrected chi connectivity index (χ1v) is 4.44. The second-order valence-corrected chi connectivity index (χ2v) is 2.73. The Morgan fingerprint density at radius 3 is 1.44 bits per heavy atom. The van der Waals surface area contributed by atoms with E-state index in [4.69, 9.17) is 20.4 Å². The number of aliphatic hydroxyl groups excluding tert-OH is 4. The molecule has 8 heteroatoms. The molecule has 0 amide bonds. The quantitative estimate of drug-likeness (QED) is 0.269. The summed E-state index contributed by atoms with van der Waals surface area (Å²) in [5.41, 5.74) is 0.